The van der Waals surface area contributed by atoms with E-state index in [1.807, 2.05) is 0 Å². The van der Waals surface area contributed by atoms with Crippen LogP contribution in [0.1, 0.15) is 38.5 Å². The Balaban J connectivity index is 2.33. The largest absolute Gasteiger partial charge is 0.486 e. The number of hydrogen-bond acceptors (Lipinski definition) is 2. The average molecular weight is 254 g/mol. The van der Waals surface area contributed by atoms with Crippen LogP contribution < -0.4 is 0 Å². The van der Waals surface area contributed by atoms with Crippen LogP contribution in [-0.4, -0.2) is 19.9 Å². The van der Waals surface area contributed by atoms with Gasteiger partial charge in [-0.15, -0.1) is 0 Å². The Morgan fingerprint density at radius 1 is 0.938 bits per heavy atom. The van der Waals surface area contributed by atoms with Crippen LogP contribution in [-0.2, 0) is 9.69 Å². The average Bonchev–Trinajstić information content (AvgIpc) is 2.14. The van der Waals surface area contributed by atoms with E-state index in [9.17, 15) is 21.6 Å². The van der Waals surface area contributed by atoms with Gasteiger partial charge in [0.2, 0.25) is 9.69 Å². The Morgan fingerprint density at radius 2 is 1.31 bits per heavy atom. The molecule has 0 aromatic rings. The second-order valence-corrected chi connectivity index (χ2v) is 6.93. The van der Waals surface area contributed by atoms with Crippen molar-refractivity contribution in [3.05, 3.63) is 0 Å². The van der Waals surface area contributed by atoms with Gasteiger partial charge in [0.25, 0.3) is 0 Å². The zero-order valence-electron chi connectivity index (χ0n) is 8.83. The molecule has 2 bridgehead atoms. The normalized spacial score (nSPS) is 31.6. The van der Waals surface area contributed by atoms with Gasteiger partial charge in [0.15, 0.2) is 0 Å². The van der Waals surface area contributed by atoms with Crippen molar-refractivity contribution in [1.82, 2.24) is 0 Å². The third kappa shape index (κ3) is 1.87. The molecule has 2 heterocycles. The minimum Gasteiger partial charge on any atom is -0.232 e. The fourth-order valence-electron chi connectivity index (χ4n) is 3.28. The lowest BCUT2D eigenvalue weighted by atomic mass is 9.42. The number of hydrogen-bond donors (Lipinski definition) is 0. The monoisotopic (exact) mass is 254 g/mol. The molecule has 0 unspecified atom stereocenters. The van der Waals surface area contributed by atoms with Gasteiger partial charge < -0.3 is 0 Å². The molecule has 0 aliphatic carbocycles. The summed E-state index contributed by atoms with van der Waals surface area (Å²) < 4.78 is 60.6. The van der Waals surface area contributed by atoms with Gasteiger partial charge in [-0.05, 0) is 11.6 Å². The summed E-state index contributed by atoms with van der Waals surface area (Å²) in [5.41, 5.74) is -5.08. The summed E-state index contributed by atoms with van der Waals surface area (Å²) in [6, 6.07) is 0. The van der Waals surface area contributed by atoms with Crippen LogP contribution in [0.3, 0.4) is 0 Å². The highest BCUT2D eigenvalue weighted by atomic mass is 32.2. The molecule has 2 saturated heterocycles. The standard InChI is InChI=1S/C9H14BF3O2S/c11-9(12,13)16(14,15)10-7-3-1-4-8(10)6-2-5-7/h7-8H,1-6H2. The minimum atomic E-state index is -5.08. The Hall–Kier alpha value is -0.195. The molecule has 2 aliphatic heterocycles. The van der Waals surface area contributed by atoms with Crippen molar-refractivity contribution in [1.29, 1.82) is 0 Å². The van der Waals surface area contributed by atoms with E-state index in [-0.39, 0.29) is 11.6 Å². The lowest BCUT2D eigenvalue weighted by molar-refractivity contribution is -0.0417. The summed E-state index contributed by atoms with van der Waals surface area (Å²) in [6.07, 6.45) is 4.29. The maximum Gasteiger partial charge on any atom is 0.486 e. The first kappa shape index (κ1) is 12.3. The molecule has 0 aromatic carbocycles. The van der Waals surface area contributed by atoms with Gasteiger partial charge in [0.05, 0.1) is 0 Å². The van der Waals surface area contributed by atoms with Crippen molar-refractivity contribution >= 4 is 15.7 Å². The van der Waals surface area contributed by atoms with E-state index in [0.717, 1.165) is 12.8 Å². The summed E-state index contributed by atoms with van der Waals surface area (Å²) in [7, 11) is -4.96. The Bertz CT molecular complexity index is 343. The molecule has 0 spiro atoms. The summed E-state index contributed by atoms with van der Waals surface area (Å²) in [4.78, 5) is 0. The molecule has 2 fully saturated rings. The van der Waals surface area contributed by atoms with Crippen LogP contribution in [0.25, 0.3) is 0 Å². The van der Waals surface area contributed by atoms with Crippen LogP contribution in [0, 0.1) is 0 Å². The maximum atomic E-state index is 12.5. The van der Waals surface area contributed by atoms with Gasteiger partial charge in [-0.25, -0.2) is 8.42 Å². The molecule has 16 heavy (non-hydrogen) atoms. The van der Waals surface area contributed by atoms with Crippen molar-refractivity contribution in [3.8, 4) is 0 Å². The van der Waals surface area contributed by atoms with Crippen LogP contribution in [0.2, 0.25) is 11.6 Å². The first-order chi connectivity index (χ1) is 7.34. The highest BCUT2D eigenvalue weighted by Gasteiger charge is 2.59. The third-order valence-electron chi connectivity index (χ3n) is 3.91. The minimum absolute atomic E-state index is 0.265. The number of alkyl halides is 3. The first-order valence-corrected chi connectivity index (χ1v) is 7.19. The maximum absolute atomic E-state index is 12.5. The van der Waals surface area contributed by atoms with E-state index in [1.165, 1.54) is 0 Å². The molecule has 0 aromatic heterocycles. The fraction of sp³-hybridized carbons (Fsp3) is 1.00. The Labute approximate surface area is 93.5 Å². The van der Waals surface area contributed by atoms with E-state index in [0.29, 0.717) is 25.7 Å². The second-order valence-electron chi connectivity index (χ2n) is 4.84. The van der Waals surface area contributed by atoms with Crippen molar-refractivity contribution in [2.45, 2.75) is 55.7 Å². The zero-order valence-corrected chi connectivity index (χ0v) is 9.65. The van der Waals surface area contributed by atoms with Gasteiger partial charge >= 0.3 is 11.5 Å². The zero-order chi connectivity index (χ0) is 12.0. The van der Waals surface area contributed by atoms with E-state index in [2.05, 4.69) is 0 Å². The quantitative estimate of drug-likeness (QED) is 0.674. The summed E-state index contributed by atoms with van der Waals surface area (Å²) >= 11 is 0. The van der Waals surface area contributed by atoms with Crippen molar-refractivity contribution < 1.29 is 21.6 Å². The van der Waals surface area contributed by atoms with Crippen LogP contribution in [0.4, 0.5) is 13.2 Å². The predicted octanol–water partition coefficient (Wildman–Crippen LogP) is 3.02. The molecule has 2 nitrogen and oxygen atoms in total. The first-order valence-electron chi connectivity index (χ1n) is 5.64. The summed E-state index contributed by atoms with van der Waals surface area (Å²) in [5.74, 6) is -1.69. The second kappa shape index (κ2) is 3.93. The highest BCUT2D eigenvalue weighted by molar-refractivity contribution is 8.19. The Morgan fingerprint density at radius 3 is 1.62 bits per heavy atom. The van der Waals surface area contributed by atoms with Gasteiger partial charge in [0.1, 0.15) is 0 Å². The van der Waals surface area contributed by atoms with E-state index < -0.39 is 21.2 Å². The number of fused-ring (bicyclic) bond motifs is 2. The predicted molar refractivity (Wildman–Crippen MR) is 55.9 cm³/mol. The molecule has 2 rings (SSSR count). The van der Waals surface area contributed by atoms with Gasteiger partial charge in [0, 0.05) is 0 Å². The smallest absolute Gasteiger partial charge is 0.232 e. The molecule has 2 aliphatic rings. The summed E-state index contributed by atoms with van der Waals surface area (Å²) in [6.45, 7) is 0. The molecule has 0 saturated carbocycles. The topological polar surface area (TPSA) is 34.1 Å². The molecule has 0 atom stereocenters. The van der Waals surface area contributed by atoms with E-state index in [1.54, 1.807) is 0 Å². The molecule has 0 amide bonds. The van der Waals surface area contributed by atoms with E-state index in [4.69, 9.17) is 0 Å². The van der Waals surface area contributed by atoms with Crippen LogP contribution >= 0.6 is 0 Å². The lowest BCUT2D eigenvalue weighted by Gasteiger charge is -2.39. The number of halogens is 3. The highest BCUT2D eigenvalue weighted by Crippen LogP contribution is 2.50. The molecule has 0 N–H and O–H groups in total. The van der Waals surface area contributed by atoms with Crippen molar-refractivity contribution in [3.63, 3.8) is 0 Å². The molecule has 0 radical (unpaired) electrons. The SMILES string of the molecule is O=S(=O)(B1C2CCCC1CCC2)C(F)(F)F. The molecule has 92 valence electrons. The van der Waals surface area contributed by atoms with Gasteiger partial charge in [-0.2, -0.15) is 13.2 Å². The molecular weight excluding hydrogens is 240 g/mol. The van der Waals surface area contributed by atoms with Crippen LogP contribution in [0.15, 0.2) is 0 Å². The van der Waals surface area contributed by atoms with E-state index >= 15 is 0 Å². The van der Waals surface area contributed by atoms with Crippen molar-refractivity contribution in [2.24, 2.45) is 0 Å². The van der Waals surface area contributed by atoms with Crippen molar-refractivity contribution in [2.75, 3.05) is 0 Å². The Kier molecular flexibility index (Phi) is 3.01. The number of rotatable bonds is 1. The lowest BCUT2D eigenvalue weighted by Crippen LogP contribution is -2.47. The fourth-order valence-corrected chi connectivity index (χ4v) is 5.14. The summed E-state index contributed by atoms with van der Waals surface area (Å²) in [5, 5.41) is 0. The van der Waals surface area contributed by atoms with Gasteiger partial charge in [-0.3, -0.25) is 0 Å². The molecule has 7 heteroatoms. The third-order valence-corrected chi connectivity index (χ3v) is 6.04. The molecular formula is C9H14BF3O2S. The van der Waals surface area contributed by atoms with Gasteiger partial charge in [-0.1, -0.05) is 38.5 Å². The van der Waals surface area contributed by atoms with Crippen LogP contribution in [0.5, 0.6) is 0 Å².